The molecule has 2 aliphatic rings. The summed E-state index contributed by atoms with van der Waals surface area (Å²) < 4.78 is 8.27. The number of nitrogens with one attached hydrogen (secondary N) is 2. The zero-order chi connectivity index (χ0) is 18.4. The number of H-pyrrole nitrogens is 1. The lowest BCUT2D eigenvalue weighted by atomic mass is 9.81. The minimum absolute atomic E-state index is 0.00602. The number of aromatic amines is 1. The molecule has 5 heteroatoms. The SMILES string of the molecule is [3H]c1[nH]c2cccc3c2c1C[C@@H]1C3=C[C@H](NC(=O)N(CC)CC)CN1C. The van der Waals surface area contributed by atoms with Crippen molar-refractivity contribution in [3.8, 4) is 0 Å². The van der Waals surface area contributed by atoms with Gasteiger partial charge in [-0.05, 0) is 50.1 Å². The number of hydrogen-bond acceptors (Lipinski definition) is 2. The molecule has 4 rings (SSSR count). The van der Waals surface area contributed by atoms with Gasteiger partial charge in [0.05, 0.1) is 7.41 Å². The van der Waals surface area contributed by atoms with Crippen LogP contribution >= 0.6 is 0 Å². The van der Waals surface area contributed by atoms with Gasteiger partial charge in [-0.1, -0.05) is 18.2 Å². The van der Waals surface area contributed by atoms with E-state index in [9.17, 15) is 4.79 Å². The number of benzene rings is 1. The molecule has 2 amide bonds. The number of fused-ring (bicyclic) bond motifs is 2. The van der Waals surface area contributed by atoms with Crippen LogP contribution in [0, 0.1) is 0 Å². The number of likely N-dealkylation sites (N-methyl/N-ethyl adjacent to an activating group) is 1. The fourth-order valence-electron chi connectivity index (χ4n) is 4.21. The number of aromatic nitrogens is 1. The van der Waals surface area contributed by atoms with Gasteiger partial charge in [0.15, 0.2) is 0 Å². The van der Waals surface area contributed by atoms with Crippen molar-refractivity contribution in [2.45, 2.75) is 32.4 Å². The van der Waals surface area contributed by atoms with Gasteiger partial charge in [0.2, 0.25) is 0 Å². The predicted molar refractivity (Wildman–Crippen MR) is 102 cm³/mol. The molecule has 2 heterocycles. The first-order valence-electron chi connectivity index (χ1n) is 9.61. The van der Waals surface area contributed by atoms with Crippen molar-refractivity contribution in [3.63, 3.8) is 0 Å². The Hall–Kier alpha value is -2.27. The zero-order valence-corrected chi connectivity index (χ0v) is 15.1. The molecule has 2 N–H and O–H groups in total. The molecule has 1 aliphatic heterocycles. The topological polar surface area (TPSA) is 51.4 Å². The minimum atomic E-state index is -0.00873. The molecule has 0 unspecified atom stereocenters. The van der Waals surface area contributed by atoms with E-state index in [0.717, 1.165) is 24.0 Å². The molecule has 0 bridgehead atoms. The molecule has 1 aromatic heterocycles. The van der Waals surface area contributed by atoms with Crippen LogP contribution in [0.15, 0.2) is 30.4 Å². The molecule has 2 atom stereocenters. The molecule has 0 saturated carbocycles. The normalized spacial score (nSPS) is 23.0. The van der Waals surface area contributed by atoms with Crippen LogP contribution in [-0.2, 0) is 6.42 Å². The van der Waals surface area contributed by atoms with E-state index >= 15 is 0 Å². The summed E-state index contributed by atoms with van der Waals surface area (Å²) in [6.07, 6.45) is 3.59. The van der Waals surface area contributed by atoms with E-state index in [2.05, 4.69) is 34.4 Å². The highest BCUT2D eigenvalue weighted by molar-refractivity contribution is 5.98. The summed E-state index contributed by atoms with van der Waals surface area (Å²) in [6, 6.07) is 6.46. The van der Waals surface area contributed by atoms with Crippen molar-refractivity contribution in [1.29, 1.82) is 0 Å². The average Bonchev–Trinajstić information content (AvgIpc) is 2.94. The number of hydrogen-bond donors (Lipinski definition) is 2. The van der Waals surface area contributed by atoms with Crippen LogP contribution in [0.5, 0.6) is 0 Å². The molecular weight excluding hydrogens is 312 g/mol. The van der Waals surface area contributed by atoms with Crippen molar-refractivity contribution in [2.24, 2.45) is 0 Å². The third-order valence-corrected chi connectivity index (χ3v) is 5.54. The third-order valence-electron chi connectivity index (χ3n) is 5.54. The number of nitrogens with zero attached hydrogens (tertiary/aromatic N) is 2. The summed E-state index contributed by atoms with van der Waals surface area (Å²) >= 11 is 0. The lowest BCUT2D eigenvalue weighted by Crippen LogP contribution is -2.52. The average molecular weight is 340 g/mol. The van der Waals surface area contributed by atoms with E-state index in [-0.39, 0.29) is 18.1 Å². The Bertz CT molecular complexity index is 883. The minimum Gasteiger partial charge on any atom is -0.361 e. The lowest BCUT2D eigenvalue weighted by Gasteiger charge is -2.40. The summed E-state index contributed by atoms with van der Waals surface area (Å²) in [7, 11) is 2.11. The van der Waals surface area contributed by atoms with E-state index in [1.807, 2.05) is 30.9 Å². The maximum atomic E-state index is 12.5. The molecule has 0 fully saturated rings. The summed E-state index contributed by atoms with van der Waals surface area (Å²) in [5, 5.41) is 4.34. The van der Waals surface area contributed by atoms with Gasteiger partial charge < -0.3 is 15.2 Å². The second-order valence-electron chi connectivity index (χ2n) is 6.97. The Labute approximate surface area is 150 Å². The van der Waals surface area contributed by atoms with Crippen LogP contribution in [0.25, 0.3) is 16.5 Å². The van der Waals surface area contributed by atoms with Gasteiger partial charge in [0, 0.05) is 42.8 Å². The van der Waals surface area contributed by atoms with Crippen LogP contribution in [0.1, 0.15) is 26.3 Å². The standard InChI is InChI=1S/C20H26N4O/c1-4-24(5-2)20(25)22-14-10-16-15-7-6-8-17-19(15)13(11-21-17)9-18(16)23(3)12-14/h6-8,10-11,14,18,21H,4-5,9,12H2,1-3H3,(H,22,25)/t14-,18+/m0/s1/i11T. The van der Waals surface area contributed by atoms with Gasteiger partial charge in [-0.2, -0.15) is 0 Å². The predicted octanol–water partition coefficient (Wildman–Crippen LogP) is 2.84. The molecule has 1 aliphatic carbocycles. The van der Waals surface area contributed by atoms with Gasteiger partial charge in [0.25, 0.3) is 0 Å². The Morgan fingerprint density at radius 2 is 2.24 bits per heavy atom. The smallest absolute Gasteiger partial charge is 0.317 e. The molecule has 5 nitrogen and oxygen atoms in total. The van der Waals surface area contributed by atoms with E-state index in [1.165, 1.54) is 16.5 Å². The summed E-state index contributed by atoms with van der Waals surface area (Å²) in [5.41, 5.74) is 4.59. The van der Waals surface area contributed by atoms with Crippen LogP contribution in [0.3, 0.4) is 0 Å². The molecule has 25 heavy (non-hydrogen) atoms. The molecule has 0 spiro atoms. The van der Waals surface area contributed by atoms with Crippen LogP contribution in [0.4, 0.5) is 4.79 Å². The molecule has 132 valence electrons. The lowest BCUT2D eigenvalue weighted by molar-refractivity contribution is 0.193. The van der Waals surface area contributed by atoms with Gasteiger partial charge >= 0.3 is 6.03 Å². The fraction of sp³-hybridized carbons (Fsp3) is 0.450. The zero-order valence-electron chi connectivity index (χ0n) is 16.1. The van der Waals surface area contributed by atoms with E-state index in [0.29, 0.717) is 19.3 Å². The van der Waals surface area contributed by atoms with Crippen molar-refractivity contribution in [2.75, 3.05) is 26.7 Å². The monoisotopic (exact) mass is 340 g/mol. The second kappa shape index (κ2) is 6.23. The Morgan fingerprint density at radius 3 is 3.00 bits per heavy atom. The number of carbonyl (C=O) groups excluding carboxylic acids is 1. The molecule has 0 saturated heterocycles. The van der Waals surface area contributed by atoms with Crippen molar-refractivity contribution in [1.82, 2.24) is 20.1 Å². The third kappa shape index (κ3) is 2.63. The molecule has 2 aromatic rings. The Morgan fingerprint density at radius 1 is 1.44 bits per heavy atom. The number of carbonyl (C=O) groups is 1. The first kappa shape index (κ1) is 15.0. The quantitative estimate of drug-likeness (QED) is 0.903. The molecule has 1 aromatic carbocycles. The van der Waals surface area contributed by atoms with Crippen LogP contribution in [-0.4, -0.2) is 59.6 Å². The van der Waals surface area contributed by atoms with Gasteiger partial charge in [0.1, 0.15) is 0 Å². The van der Waals surface area contributed by atoms with Gasteiger partial charge in [-0.3, -0.25) is 4.90 Å². The first-order chi connectivity index (χ1) is 12.5. The first-order valence-corrected chi connectivity index (χ1v) is 9.11. The van der Waals surface area contributed by atoms with Crippen LogP contribution in [0.2, 0.25) is 0 Å². The highest BCUT2D eigenvalue weighted by Crippen LogP contribution is 2.39. The highest BCUT2D eigenvalue weighted by Gasteiger charge is 2.34. The number of amides is 2. The fourth-order valence-corrected chi connectivity index (χ4v) is 4.21. The van der Waals surface area contributed by atoms with Crippen molar-refractivity contribution < 1.29 is 6.17 Å². The Kier molecular flexibility index (Phi) is 3.74. The number of urea groups is 1. The highest BCUT2D eigenvalue weighted by atomic mass is 16.2. The maximum Gasteiger partial charge on any atom is 0.317 e. The van der Waals surface area contributed by atoms with Crippen LogP contribution < -0.4 is 5.32 Å². The Balaban J connectivity index is 1.72. The summed E-state index contributed by atoms with van der Waals surface area (Å²) in [6.45, 7) is 6.20. The molecule has 0 radical (unpaired) electrons. The van der Waals surface area contributed by atoms with E-state index in [4.69, 9.17) is 1.37 Å². The van der Waals surface area contributed by atoms with Crippen molar-refractivity contribution in [3.05, 3.63) is 41.6 Å². The maximum absolute atomic E-state index is 12.5. The second-order valence-corrected chi connectivity index (χ2v) is 6.97. The van der Waals surface area contributed by atoms with Gasteiger partial charge in [-0.25, -0.2) is 4.79 Å². The summed E-state index contributed by atoms with van der Waals surface area (Å²) in [5.74, 6) is 0. The van der Waals surface area contributed by atoms with Gasteiger partial charge in [-0.15, -0.1) is 0 Å². The largest absolute Gasteiger partial charge is 0.361 e. The van der Waals surface area contributed by atoms with E-state index < -0.39 is 0 Å². The summed E-state index contributed by atoms with van der Waals surface area (Å²) in [4.78, 5) is 19.8. The molecular formula is C20H26N4O. The van der Waals surface area contributed by atoms with Crippen molar-refractivity contribution >= 4 is 22.5 Å². The number of rotatable bonds is 3. The van der Waals surface area contributed by atoms with E-state index in [1.54, 1.807) is 0 Å².